The maximum Gasteiger partial charge on any atom is 0.155 e. The first-order valence-corrected chi connectivity index (χ1v) is 5.42. The first kappa shape index (κ1) is 10.4. The molecule has 0 spiro atoms. The van der Waals surface area contributed by atoms with Gasteiger partial charge in [-0.1, -0.05) is 0 Å². The molecule has 0 aliphatic rings. The van der Waals surface area contributed by atoms with Gasteiger partial charge >= 0.3 is 0 Å². The van der Waals surface area contributed by atoms with Crippen LogP contribution in [0.15, 0.2) is 49.1 Å². The van der Waals surface area contributed by atoms with Crippen LogP contribution in [-0.2, 0) is 0 Å². The zero-order valence-corrected chi connectivity index (χ0v) is 9.41. The lowest BCUT2D eigenvalue weighted by molar-refractivity contribution is 1.10. The number of pyridine rings is 2. The second-order valence-corrected chi connectivity index (χ2v) is 3.62. The van der Waals surface area contributed by atoms with Gasteiger partial charge in [0.15, 0.2) is 5.65 Å². The molecule has 6 nitrogen and oxygen atoms in total. The maximum absolute atomic E-state index is 4.05. The van der Waals surface area contributed by atoms with E-state index in [9.17, 15) is 0 Å². The van der Waals surface area contributed by atoms with Crippen molar-refractivity contribution in [2.45, 2.75) is 0 Å². The molecule has 0 saturated carbocycles. The number of hydrogen-bond donors (Lipinski definition) is 2. The first-order chi connectivity index (χ1) is 8.93. The van der Waals surface area contributed by atoms with Gasteiger partial charge in [0.2, 0.25) is 0 Å². The molecule has 0 bridgehead atoms. The number of nitrogens with zero attached hydrogens (tertiary/aromatic N) is 4. The highest BCUT2D eigenvalue weighted by atomic mass is 15.1. The Morgan fingerprint density at radius 2 is 1.67 bits per heavy atom. The van der Waals surface area contributed by atoms with E-state index in [0.717, 1.165) is 22.1 Å². The molecular formula is C12H10N6. The van der Waals surface area contributed by atoms with Crippen LogP contribution < -0.4 is 0 Å². The third-order valence-electron chi connectivity index (χ3n) is 2.42. The fourth-order valence-electron chi connectivity index (χ4n) is 1.56. The molecule has 0 aliphatic carbocycles. The predicted octanol–water partition coefficient (Wildman–Crippen LogP) is 1.92. The van der Waals surface area contributed by atoms with Crippen LogP contribution in [0.4, 0.5) is 0 Å². The summed E-state index contributed by atoms with van der Waals surface area (Å²) < 4.78 is 0. The van der Waals surface area contributed by atoms with Crippen LogP contribution in [0.3, 0.4) is 0 Å². The maximum atomic E-state index is 4.05. The Morgan fingerprint density at radius 3 is 2.56 bits per heavy atom. The van der Waals surface area contributed by atoms with E-state index < -0.39 is 0 Å². The Morgan fingerprint density at radius 1 is 0.833 bits per heavy atom. The quantitative estimate of drug-likeness (QED) is 0.490. The fourth-order valence-corrected chi connectivity index (χ4v) is 1.56. The Hall–Kier alpha value is -2.76. The Labute approximate surface area is 102 Å². The van der Waals surface area contributed by atoms with E-state index in [2.05, 4.69) is 30.4 Å². The van der Waals surface area contributed by atoms with Crippen LogP contribution >= 0.6 is 0 Å². The summed E-state index contributed by atoms with van der Waals surface area (Å²) in [5, 5.41) is 14.2. The Bertz CT molecular complexity index is 631. The highest BCUT2D eigenvalue weighted by Gasteiger charge is 1.90. The number of fused-ring (bicyclic) bond motifs is 2. The van der Waals surface area contributed by atoms with Gasteiger partial charge < -0.3 is 0 Å². The van der Waals surface area contributed by atoms with E-state index in [1.54, 1.807) is 24.8 Å². The molecule has 0 aromatic carbocycles. The zero-order chi connectivity index (χ0) is 12.2. The molecule has 4 heterocycles. The highest BCUT2D eigenvalue weighted by molar-refractivity contribution is 5.73. The molecule has 0 unspecified atom stereocenters. The average Bonchev–Trinajstić information content (AvgIpc) is 3.08. The number of rotatable bonds is 0. The van der Waals surface area contributed by atoms with Crippen molar-refractivity contribution >= 4 is 22.1 Å². The van der Waals surface area contributed by atoms with E-state index in [4.69, 9.17) is 0 Å². The summed E-state index contributed by atoms with van der Waals surface area (Å²) in [6, 6.07) is 7.67. The minimum absolute atomic E-state index is 0.845. The van der Waals surface area contributed by atoms with Crippen LogP contribution in [0.1, 0.15) is 0 Å². The average molecular weight is 238 g/mol. The van der Waals surface area contributed by atoms with E-state index in [0.29, 0.717) is 0 Å². The van der Waals surface area contributed by atoms with Crippen molar-refractivity contribution in [3.63, 3.8) is 0 Å². The van der Waals surface area contributed by atoms with Crippen molar-refractivity contribution < 1.29 is 0 Å². The first-order valence-electron chi connectivity index (χ1n) is 5.42. The van der Waals surface area contributed by atoms with Gasteiger partial charge in [-0.2, -0.15) is 10.2 Å². The molecule has 0 amide bonds. The Kier molecular flexibility index (Phi) is 2.67. The lowest BCUT2D eigenvalue weighted by atomic mass is 10.4. The van der Waals surface area contributed by atoms with E-state index >= 15 is 0 Å². The number of nitrogens with one attached hydrogen (secondary N) is 2. The molecule has 0 aliphatic heterocycles. The SMILES string of the molecule is c1cnc2[nH]ncc2c1.c1cnc2cn[nH]c2c1. The van der Waals surface area contributed by atoms with Crippen molar-refractivity contribution in [1.29, 1.82) is 0 Å². The standard InChI is InChI=1S/2C6H5N3/c1-2-5-6(7-3-1)4-8-9-5;1-2-5-4-8-9-6(5)7-3-1/h1-4H,(H,8,9);1-4H,(H,7,8,9). The van der Waals surface area contributed by atoms with Crippen molar-refractivity contribution in [2.75, 3.05) is 0 Å². The highest BCUT2D eigenvalue weighted by Crippen LogP contribution is 2.03. The van der Waals surface area contributed by atoms with Crippen LogP contribution in [0, 0.1) is 0 Å². The van der Waals surface area contributed by atoms with Crippen LogP contribution in [0.2, 0.25) is 0 Å². The number of hydrogen-bond acceptors (Lipinski definition) is 4. The smallest absolute Gasteiger partial charge is 0.155 e. The zero-order valence-electron chi connectivity index (χ0n) is 9.41. The molecule has 0 atom stereocenters. The van der Waals surface area contributed by atoms with Crippen molar-refractivity contribution in [2.24, 2.45) is 0 Å². The molecule has 4 aromatic heterocycles. The lowest BCUT2D eigenvalue weighted by Gasteiger charge is -1.80. The third-order valence-corrected chi connectivity index (χ3v) is 2.42. The summed E-state index contributed by atoms with van der Waals surface area (Å²) in [6.07, 6.45) is 6.94. The van der Waals surface area contributed by atoms with Gasteiger partial charge in [-0.3, -0.25) is 15.2 Å². The molecule has 4 aromatic rings. The summed E-state index contributed by atoms with van der Waals surface area (Å²) in [6.45, 7) is 0. The molecule has 0 radical (unpaired) electrons. The minimum atomic E-state index is 0.845. The third kappa shape index (κ3) is 2.03. The summed E-state index contributed by atoms with van der Waals surface area (Å²) in [5.74, 6) is 0. The molecule has 2 N–H and O–H groups in total. The minimum Gasteiger partial charge on any atom is -0.276 e. The summed E-state index contributed by atoms with van der Waals surface area (Å²) in [7, 11) is 0. The summed E-state index contributed by atoms with van der Waals surface area (Å²) in [4.78, 5) is 8.07. The van der Waals surface area contributed by atoms with Crippen LogP contribution in [0.25, 0.3) is 22.1 Å². The predicted molar refractivity (Wildman–Crippen MR) is 67.8 cm³/mol. The molecule has 18 heavy (non-hydrogen) atoms. The molecule has 4 rings (SSSR count). The van der Waals surface area contributed by atoms with Crippen LogP contribution in [-0.4, -0.2) is 30.4 Å². The van der Waals surface area contributed by atoms with Gasteiger partial charge in [0.25, 0.3) is 0 Å². The van der Waals surface area contributed by atoms with Gasteiger partial charge in [-0.15, -0.1) is 0 Å². The van der Waals surface area contributed by atoms with Crippen molar-refractivity contribution in [3.8, 4) is 0 Å². The number of H-pyrrole nitrogens is 2. The van der Waals surface area contributed by atoms with Crippen LogP contribution in [0.5, 0.6) is 0 Å². The molecule has 0 saturated heterocycles. The molecule has 88 valence electrons. The van der Waals surface area contributed by atoms with E-state index in [1.165, 1.54) is 0 Å². The van der Waals surface area contributed by atoms with E-state index in [1.807, 2.05) is 24.3 Å². The lowest BCUT2D eigenvalue weighted by Crippen LogP contribution is -1.71. The summed E-state index contributed by atoms with van der Waals surface area (Å²) in [5.41, 5.74) is 2.74. The Balaban J connectivity index is 0.000000111. The van der Waals surface area contributed by atoms with E-state index in [-0.39, 0.29) is 0 Å². The van der Waals surface area contributed by atoms with Gasteiger partial charge in [-0.05, 0) is 24.3 Å². The van der Waals surface area contributed by atoms with Gasteiger partial charge in [0.05, 0.1) is 17.9 Å². The number of aromatic amines is 2. The molecule has 0 fully saturated rings. The van der Waals surface area contributed by atoms with Gasteiger partial charge in [-0.25, -0.2) is 4.98 Å². The molecule has 6 heteroatoms. The fraction of sp³-hybridized carbons (Fsp3) is 0. The van der Waals surface area contributed by atoms with Gasteiger partial charge in [0.1, 0.15) is 5.52 Å². The molecular weight excluding hydrogens is 228 g/mol. The summed E-state index contributed by atoms with van der Waals surface area (Å²) >= 11 is 0. The second-order valence-electron chi connectivity index (χ2n) is 3.62. The monoisotopic (exact) mass is 238 g/mol. The van der Waals surface area contributed by atoms with Gasteiger partial charge in [0, 0.05) is 17.8 Å². The largest absolute Gasteiger partial charge is 0.276 e. The van der Waals surface area contributed by atoms with Crippen molar-refractivity contribution in [1.82, 2.24) is 30.4 Å². The topological polar surface area (TPSA) is 83.1 Å². The number of aromatic nitrogens is 6. The normalized spacial score (nSPS) is 10.2. The second kappa shape index (κ2) is 4.62. The van der Waals surface area contributed by atoms with Crippen molar-refractivity contribution in [3.05, 3.63) is 49.1 Å².